The number of aliphatic carboxylic acids is 1. The average molecular weight is 335 g/mol. The largest absolute Gasteiger partial charge is 0.480 e. The molecule has 1 unspecified atom stereocenters. The van der Waals surface area contributed by atoms with Gasteiger partial charge in [0.1, 0.15) is 12.4 Å². The number of hydrogen-bond acceptors (Lipinski definition) is 6. The van der Waals surface area contributed by atoms with Crippen LogP contribution in [0.25, 0.3) is 0 Å². The quantitative estimate of drug-likeness (QED) is 0.834. The van der Waals surface area contributed by atoms with E-state index in [0.717, 1.165) is 5.56 Å². The highest BCUT2D eigenvalue weighted by atomic mass is 19.1. The predicted octanol–water partition coefficient (Wildman–Crippen LogP) is 0.864. The molecule has 0 aliphatic carbocycles. The molecule has 8 nitrogen and oxygen atoms in total. The Bertz CT molecular complexity index is 746. The minimum absolute atomic E-state index is 0.150. The normalized spacial score (nSPS) is 17.3. The summed E-state index contributed by atoms with van der Waals surface area (Å²) in [5.41, 5.74) is 0.799. The molecule has 1 aromatic carbocycles. The Morgan fingerprint density at radius 2 is 2.17 bits per heavy atom. The molecule has 1 aliphatic heterocycles. The number of carbonyl (C=O) groups excluding carboxylic acids is 1. The van der Waals surface area contributed by atoms with E-state index in [1.807, 2.05) is 0 Å². The first-order valence-electron chi connectivity index (χ1n) is 7.25. The van der Waals surface area contributed by atoms with Gasteiger partial charge in [-0.2, -0.15) is 4.98 Å². The Balaban J connectivity index is 1.59. The Labute approximate surface area is 135 Å². The van der Waals surface area contributed by atoms with Gasteiger partial charge in [0.25, 0.3) is 5.91 Å². The number of hydrogen-bond donors (Lipinski definition) is 1. The van der Waals surface area contributed by atoms with Crippen LogP contribution in [0.1, 0.15) is 17.8 Å². The van der Waals surface area contributed by atoms with Gasteiger partial charge in [0, 0.05) is 19.4 Å². The van der Waals surface area contributed by atoms with Crippen LogP contribution in [0.3, 0.4) is 0 Å². The number of ether oxygens (including phenoxy) is 1. The van der Waals surface area contributed by atoms with Crippen molar-refractivity contribution in [3.63, 3.8) is 0 Å². The first-order valence-corrected chi connectivity index (χ1v) is 7.25. The molecule has 1 aliphatic rings. The first-order chi connectivity index (χ1) is 11.5. The van der Waals surface area contributed by atoms with Crippen molar-refractivity contribution in [3.8, 4) is 6.08 Å². The van der Waals surface area contributed by atoms with Gasteiger partial charge < -0.3 is 14.7 Å². The molecule has 3 rings (SSSR count). The summed E-state index contributed by atoms with van der Waals surface area (Å²) >= 11 is 0. The fourth-order valence-electron chi connectivity index (χ4n) is 2.40. The third kappa shape index (κ3) is 3.67. The van der Waals surface area contributed by atoms with Crippen LogP contribution in [0.2, 0.25) is 0 Å². The number of amides is 1. The molecule has 1 saturated heterocycles. The smallest absolute Gasteiger partial charge is 0.418 e. The molecule has 0 radical (unpaired) electrons. The van der Waals surface area contributed by atoms with E-state index >= 15 is 0 Å². The van der Waals surface area contributed by atoms with Crippen LogP contribution in [0, 0.1) is 5.82 Å². The lowest BCUT2D eigenvalue weighted by atomic mass is 10.1. The fourth-order valence-corrected chi connectivity index (χ4v) is 2.40. The van der Waals surface area contributed by atoms with Crippen molar-refractivity contribution in [3.05, 3.63) is 41.5 Å². The van der Waals surface area contributed by atoms with Crippen molar-refractivity contribution < 1.29 is 28.3 Å². The van der Waals surface area contributed by atoms with E-state index in [0.29, 0.717) is 25.2 Å². The molecule has 24 heavy (non-hydrogen) atoms. The number of likely N-dealkylation sites (tertiary alicyclic amines) is 1. The van der Waals surface area contributed by atoms with Gasteiger partial charge in [0.05, 0.1) is 0 Å². The monoisotopic (exact) mass is 335 g/mol. The summed E-state index contributed by atoms with van der Waals surface area (Å²) < 4.78 is 23.2. The molecule has 0 saturated carbocycles. The molecule has 0 spiro atoms. The minimum atomic E-state index is -1.08. The van der Waals surface area contributed by atoms with Gasteiger partial charge in [-0.3, -0.25) is 14.1 Å². The van der Waals surface area contributed by atoms with E-state index in [2.05, 4.69) is 10.1 Å². The highest BCUT2D eigenvalue weighted by molar-refractivity contribution is 5.86. The second-order valence-electron chi connectivity index (χ2n) is 5.33. The molecule has 0 bridgehead atoms. The molecular formula is C15H14FN3O5. The summed E-state index contributed by atoms with van der Waals surface area (Å²) in [6.45, 7) is -0.0648. The molecule has 2 aromatic rings. The van der Waals surface area contributed by atoms with Gasteiger partial charge in [0.15, 0.2) is 11.9 Å². The van der Waals surface area contributed by atoms with Gasteiger partial charge in [-0.05, 0) is 17.7 Å². The number of carbonyl (C=O) groups is 2. The van der Waals surface area contributed by atoms with Gasteiger partial charge >= 0.3 is 12.0 Å². The third-order valence-electron chi connectivity index (χ3n) is 3.54. The molecule has 2 heterocycles. The van der Waals surface area contributed by atoms with Crippen molar-refractivity contribution in [2.24, 2.45) is 0 Å². The van der Waals surface area contributed by atoms with Crippen LogP contribution >= 0.6 is 0 Å². The summed E-state index contributed by atoms with van der Waals surface area (Å²) in [5.74, 6) is -1.50. The second-order valence-corrected chi connectivity index (χ2v) is 5.33. The van der Waals surface area contributed by atoms with Crippen LogP contribution in [0.15, 0.2) is 28.8 Å². The maximum atomic E-state index is 12.9. The number of benzene rings is 1. The number of halogens is 1. The SMILES string of the molecule is O=C(O)CN1CCC(Oc2nc(Cc3ccc(F)cc3)no2)C1=O. The van der Waals surface area contributed by atoms with E-state index in [9.17, 15) is 14.0 Å². The van der Waals surface area contributed by atoms with Crippen LogP contribution < -0.4 is 4.74 Å². The zero-order chi connectivity index (χ0) is 17.1. The zero-order valence-corrected chi connectivity index (χ0v) is 12.5. The van der Waals surface area contributed by atoms with E-state index < -0.39 is 18.0 Å². The van der Waals surface area contributed by atoms with Crippen LogP contribution in [-0.4, -0.2) is 51.2 Å². The molecule has 1 atom stereocenters. The molecular weight excluding hydrogens is 321 g/mol. The van der Waals surface area contributed by atoms with Crippen LogP contribution in [-0.2, 0) is 16.0 Å². The molecule has 1 fully saturated rings. The summed E-state index contributed by atoms with van der Waals surface area (Å²) in [6, 6.07) is 5.88. The molecule has 1 amide bonds. The van der Waals surface area contributed by atoms with Crippen molar-refractivity contribution in [2.75, 3.05) is 13.1 Å². The predicted molar refractivity (Wildman–Crippen MR) is 76.8 cm³/mol. The number of carboxylic acids is 1. The van der Waals surface area contributed by atoms with Gasteiger partial charge in [-0.1, -0.05) is 17.3 Å². The maximum Gasteiger partial charge on any atom is 0.418 e. The maximum absolute atomic E-state index is 12.9. The minimum Gasteiger partial charge on any atom is -0.480 e. The zero-order valence-electron chi connectivity index (χ0n) is 12.5. The summed E-state index contributed by atoms with van der Waals surface area (Å²) in [7, 11) is 0. The van der Waals surface area contributed by atoms with Crippen molar-refractivity contribution in [1.29, 1.82) is 0 Å². The Morgan fingerprint density at radius 3 is 2.88 bits per heavy atom. The molecule has 1 N–H and O–H groups in total. The number of carboxylic acid groups (broad SMARTS) is 1. The summed E-state index contributed by atoms with van der Waals surface area (Å²) in [6.07, 6.45) is -0.301. The second kappa shape index (κ2) is 6.65. The average Bonchev–Trinajstić information content (AvgIpc) is 3.11. The molecule has 9 heteroatoms. The number of nitrogens with zero attached hydrogens (tertiary/aromatic N) is 3. The lowest BCUT2D eigenvalue weighted by Crippen LogP contribution is -2.35. The summed E-state index contributed by atoms with van der Waals surface area (Å²) in [4.78, 5) is 27.9. The summed E-state index contributed by atoms with van der Waals surface area (Å²) in [5, 5.41) is 12.5. The lowest BCUT2D eigenvalue weighted by molar-refractivity contribution is -0.144. The standard InChI is InChI=1S/C15H14FN3O5/c16-10-3-1-9(2-4-10)7-12-17-15(24-18-12)23-11-5-6-19(14(11)22)8-13(20)21/h1-4,11H,5-8H2,(H,20,21). The Kier molecular flexibility index (Phi) is 4.41. The molecule has 1 aromatic heterocycles. The number of aromatic nitrogens is 2. The van der Waals surface area contributed by atoms with E-state index in [1.165, 1.54) is 17.0 Å². The lowest BCUT2D eigenvalue weighted by Gasteiger charge is -2.12. The third-order valence-corrected chi connectivity index (χ3v) is 3.54. The Hall–Kier alpha value is -2.97. The molecule has 126 valence electrons. The highest BCUT2D eigenvalue weighted by Gasteiger charge is 2.35. The van der Waals surface area contributed by atoms with Gasteiger partial charge in [-0.25, -0.2) is 4.39 Å². The Morgan fingerprint density at radius 1 is 1.42 bits per heavy atom. The topological polar surface area (TPSA) is 106 Å². The van der Waals surface area contributed by atoms with Crippen LogP contribution in [0.4, 0.5) is 4.39 Å². The highest BCUT2D eigenvalue weighted by Crippen LogP contribution is 2.18. The van der Waals surface area contributed by atoms with Crippen LogP contribution in [0.5, 0.6) is 6.08 Å². The first kappa shape index (κ1) is 15.9. The van der Waals surface area contributed by atoms with Crippen molar-refractivity contribution in [1.82, 2.24) is 15.0 Å². The number of rotatable bonds is 6. The van der Waals surface area contributed by atoms with Crippen molar-refractivity contribution >= 4 is 11.9 Å². The fraction of sp³-hybridized carbons (Fsp3) is 0.333. The van der Waals surface area contributed by atoms with E-state index in [4.69, 9.17) is 14.4 Å². The van der Waals surface area contributed by atoms with Gasteiger partial charge in [0.2, 0.25) is 0 Å². The van der Waals surface area contributed by atoms with E-state index in [1.54, 1.807) is 12.1 Å². The van der Waals surface area contributed by atoms with E-state index in [-0.39, 0.29) is 18.4 Å². The van der Waals surface area contributed by atoms with Gasteiger partial charge in [-0.15, -0.1) is 0 Å². The van der Waals surface area contributed by atoms with Crippen molar-refractivity contribution in [2.45, 2.75) is 18.9 Å².